The first kappa shape index (κ1) is 19.5. The molecule has 142 valence electrons. The summed E-state index contributed by atoms with van der Waals surface area (Å²) in [5.74, 6) is -1.41. The predicted molar refractivity (Wildman–Crippen MR) is 92.3 cm³/mol. The number of halogens is 4. The summed E-state index contributed by atoms with van der Waals surface area (Å²) in [5, 5.41) is 18.5. The van der Waals surface area contributed by atoms with Gasteiger partial charge in [0, 0.05) is 11.4 Å². The molecule has 27 heavy (non-hydrogen) atoms. The molecule has 0 bridgehead atoms. The molecule has 2 aromatic rings. The van der Waals surface area contributed by atoms with Crippen molar-refractivity contribution in [2.24, 2.45) is 0 Å². The van der Waals surface area contributed by atoms with E-state index < -0.39 is 23.0 Å². The van der Waals surface area contributed by atoms with Crippen LogP contribution in [0.3, 0.4) is 0 Å². The third kappa shape index (κ3) is 4.71. The van der Waals surface area contributed by atoms with E-state index in [1.54, 1.807) is 30.3 Å². The van der Waals surface area contributed by atoms with Gasteiger partial charge in [0.15, 0.2) is 9.96 Å². The molecule has 0 spiro atoms. The summed E-state index contributed by atoms with van der Waals surface area (Å²) in [5.41, 5.74) is 0.915. The van der Waals surface area contributed by atoms with Crippen LogP contribution in [0.2, 0.25) is 5.02 Å². The topological polar surface area (TPSA) is 88.1 Å². The summed E-state index contributed by atoms with van der Waals surface area (Å²) in [7, 11) is 0. The zero-order valence-corrected chi connectivity index (χ0v) is 14.9. The maximum absolute atomic E-state index is 13.0. The number of H-pyrrole nitrogens is 1. The Morgan fingerprint density at radius 1 is 1.37 bits per heavy atom. The van der Waals surface area contributed by atoms with Gasteiger partial charge in [-0.15, -0.1) is 23.4 Å². The van der Waals surface area contributed by atoms with Gasteiger partial charge in [-0.25, -0.2) is 4.79 Å². The number of aromatic nitrogens is 3. The molecule has 0 amide bonds. The van der Waals surface area contributed by atoms with E-state index in [0.29, 0.717) is 22.4 Å². The second-order valence-electron chi connectivity index (χ2n) is 5.45. The highest BCUT2D eigenvalue weighted by Gasteiger charge is 2.44. The van der Waals surface area contributed by atoms with Gasteiger partial charge in [-0.2, -0.15) is 5.21 Å². The molecule has 1 unspecified atom stereocenters. The number of benzene rings is 1. The van der Waals surface area contributed by atoms with E-state index in [-0.39, 0.29) is 11.4 Å². The van der Waals surface area contributed by atoms with E-state index in [1.165, 1.54) is 12.2 Å². The molecule has 0 radical (unpaired) electrons. The predicted octanol–water partition coefficient (Wildman–Crippen LogP) is 4.52. The fourth-order valence-corrected chi connectivity index (χ4v) is 3.72. The minimum Gasteiger partial charge on any atom is -0.476 e. The van der Waals surface area contributed by atoms with E-state index in [1.807, 2.05) is 0 Å². The monoisotopic (exact) mass is 417 g/mol. The molecule has 0 aliphatic heterocycles. The molecule has 1 heterocycles. The van der Waals surface area contributed by atoms with Crippen LogP contribution in [-0.4, -0.2) is 37.8 Å². The first-order valence-electron chi connectivity index (χ1n) is 7.43. The molecule has 1 aromatic carbocycles. The molecule has 0 fully saturated rings. The highest BCUT2D eigenvalue weighted by molar-refractivity contribution is 8.00. The fraction of sp³-hybridized carbons (Fsp3) is 0.188. The van der Waals surface area contributed by atoms with Crippen LogP contribution in [0.25, 0.3) is 5.57 Å². The number of carboxylic acid groups (broad SMARTS) is 1. The lowest BCUT2D eigenvalue weighted by Crippen LogP contribution is -2.34. The van der Waals surface area contributed by atoms with Crippen molar-refractivity contribution in [1.82, 2.24) is 15.4 Å². The Kier molecular flexibility index (Phi) is 5.31. The minimum absolute atomic E-state index is 0.179. The van der Waals surface area contributed by atoms with Crippen molar-refractivity contribution in [1.29, 1.82) is 0 Å². The van der Waals surface area contributed by atoms with Crippen molar-refractivity contribution in [3.8, 4) is 0 Å². The Morgan fingerprint density at radius 3 is 2.74 bits per heavy atom. The Balaban J connectivity index is 1.91. The lowest BCUT2D eigenvalue weighted by atomic mass is 9.98. The maximum atomic E-state index is 13.0. The molecular weight excluding hydrogens is 407 g/mol. The van der Waals surface area contributed by atoms with Crippen molar-refractivity contribution in [2.45, 2.75) is 22.7 Å². The van der Waals surface area contributed by atoms with Crippen molar-refractivity contribution < 1.29 is 27.8 Å². The third-order valence-electron chi connectivity index (χ3n) is 3.56. The third-order valence-corrected chi connectivity index (χ3v) is 5.00. The van der Waals surface area contributed by atoms with E-state index in [4.69, 9.17) is 16.7 Å². The number of rotatable bonds is 5. The van der Waals surface area contributed by atoms with Crippen LogP contribution in [0.1, 0.15) is 22.5 Å². The summed E-state index contributed by atoms with van der Waals surface area (Å²) in [4.78, 5) is 9.23. The molecule has 2 N–H and O–H groups in total. The molecule has 0 saturated carbocycles. The number of aromatic amines is 1. The van der Waals surface area contributed by atoms with Gasteiger partial charge in [0.2, 0.25) is 5.69 Å². The van der Waals surface area contributed by atoms with Gasteiger partial charge in [-0.3, -0.25) is 4.74 Å². The maximum Gasteiger partial charge on any atom is 0.524 e. The average Bonchev–Trinajstić information content (AvgIpc) is 3.02. The van der Waals surface area contributed by atoms with Crippen LogP contribution < -0.4 is 0 Å². The number of carboxylic acids is 1. The number of alkyl halides is 3. The summed E-state index contributed by atoms with van der Waals surface area (Å²) in [6.45, 7) is 0. The first-order valence-corrected chi connectivity index (χ1v) is 8.62. The van der Waals surface area contributed by atoms with Crippen molar-refractivity contribution in [2.75, 3.05) is 0 Å². The number of nitrogens with zero attached hydrogens (tertiary/aromatic N) is 2. The number of hydrogen-bond donors (Lipinski definition) is 2. The standard InChI is InChI=1S/C16H11ClF3N3O3S/c17-11-3-1-2-10(8-11)9-4-6-15(7-5-9,26-16(18,19)20)27-13-12(14(24)25)21-23-22-13/h1-6,8H,7H2,(H,24,25)(H,21,22,23). The van der Waals surface area contributed by atoms with Crippen LogP contribution in [0, 0.1) is 0 Å². The van der Waals surface area contributed by atoms with Gasteiger partial charge in [0.25, 0.3) is 0 Å². The number of aromatic carboxylic acids is 1. The van der Waals surface area contributed by atoms with Crippen LogP contribution in [0.4, 0.5) is 13.2 Å². The SMILES string of the molecule is O=C(O)c1n[nH]nc1SC1(OC(F)(F)F)C=CC(c2cccc(Cl)c2)=CC1. The Labute approximate surface area is 160 Å². The molecule has 11 heteroatoms. The summed E-state index contributed by atoms with van der Waals surface area (Å²) in [6, 6.07) is 6.86. The van der Waals surface area contributed by atoms with Gasteiger partial charge >= 0.3 is 12.3 Å². The highest BCUT2D eigenvalue weighted by Crippen LogP contribution is 2.45. The van der Waals surface area contributed by atoms with Gasteiger partial charge in [0.1, 0.15) is 0 Å². The molecule has 3 rings (SSSR count). The smallest absolute Gasteiger partial charge is 0.476 e. The quantitative estimate of drug-likeness (QED) is 0.695. The van der Waals surface area contributed by atoms with Crippen LogP contribution in [-0.2, 0) is 4.74 Å². The number of hydrogen-bond acceptors (Lipinski definition) is 5. The highest BCUT2D eigenvalue weighted by atomic mass is 35.5. The van der Waals surface area contributed by atoms with Crippen molar-refractivity contribution in [3.05, 3.63) is 58.8 Å². The van der Waals surface area contributed by atoms with E-state index in [2.05, 4.69) is 20.1 Å². The number of nitrogens with one attached hydrogen (secondary N) is 1. The summed E-state index contributed by atoms with van der Waals surface area (Å²) < 4.78 is 43.2. The Hall–Kier alpha value is -2.30. The largest absolute Gasteiger partial charge is 0.524 e. The molecule has 1 atom stereocenters. The van der Waals surface area contributed by atoms with Gasteiger partial charge in [-0.05, 0) is 29.3 Å². The second-order valence-corrected chi connectivity index (χ2v) is 7.17. The van der Waals surface area contributed by atoms with Gasteiger partial charge in [-0.1, -0.05) is 47.6 Å². The van der Waals surface area contributed by atoms with Gasteiger partial charge < -0.3 is 5.11 Å². The van der Waals surface area contributed by atoms with Crippen molar-refractivity contribution >= 4 is 34.9 Å². The Morgan fingerprint density at radius 2 is 2.15 bits per heavy atom. The number of thioether (sulfide) groups is 1. The van der Waals surface area contributed by atoms with Crippen LogP contribution >= 0.6 is 23.4 Å². The number of allylic oxidation sites excluding steroid dienone is 2. The van der Waals surface area contributed by atoms with E-state index >= 15 is 0 Å². The zero-order chi connectivity index (χ0) is 19.7. The summed E-state index contributed by atoms with van der Waals surface area (Å²) in [6.07, 6.45) is -0.867. The van der Waals surface area contributed by atoms with E-state index in [0.717, 1.165) is 5.56 Å². The molecule has 1 aliphatic rings. The minimum atomic E-state index is -4.94. The van der Waals surface area contributed by atoms with Crippen molar-refractivity contribution in [3.63, 3.8) is 0 Å². The summed E-state index contributed by atoms with van der Waals surface area (Å²) >= 11 is 6.46. The molecule has 0 saturated heterocycles. The van der Waals surface area contributed by atoms with Crippen LogP contribution in [0.5, 0.6) is 0 Å². The Bertz CT molecular complexity index is 929. The van der Waals surface area contributed by atoms with Gasteiger partial charge in [0.05, 0.1) is 0 Å². The lowest BCUT2D eigenvalue weighted by Gasteiger charge is -2.31. The average molecular weight is 418 g/mol. The fourth-order valence-electron chi connectivity index (χ4n) is 2.45. The molecular formula is C16H11ClF3N3O3S. The van der Waals surface area contributed by atoms with E-state index in [9.17, 15) is 18.0 Å². The van der Waals surface area contributed by atoms with Crippen LogP contribution in [0.15, 0.2) is 47.5 Å². The molecule has 1 aromatic heterocycles. The zero-order valence-electron chi connectivity index (χ0n) is 13.3. The second kappa shape index (κ2) is 7.37. The molecule has 1 aliphatic carbocycles. The first-order chi connectivity index (χ1) is 12.7. The normalized spacial score (nSPS) is 19.8. The number of ether oxygens (including phenoxy) is 1. The number of carbonyl (C=O) groups is 1. The lowest BCUT2D eigenvalue weighted by molar-refractivity contribution is -0.342. The molecule has 6 nitrogen and oxygen atoms in total.